The molecule has 3 N–H and O–H groups in total. The number of amides is 5. The normalized spacial score (nSPS) is 18.7. The molecule has 0 aliphatic carbocycles. The lowest BCUT2D eigenvalue weighted by molar-refractivity contribution is -0.131. The summed E-state index contributed by atoms with van der Waals surface area (Å²) in [6.07, 6.45) is 0. The zero-order valence-corrected chi connectivity index (χ0v) is 18.9. The SMILES string of the molecule is C[C@H]1Sc2ccc(C(=O)NN3C(=O)NC(c4ccccc4)(c4ccccc4)C3=O)cc2NC1=O. The zero-order valence-electron chi connectivity index (χ0n) is 18.1. The van der Waals surface area contributed by atoms with Crippen molar-refractivity contribution < 1.29 is 19.2 Å². The number of thioether (sulfide) groups is 1. The number of rotatable bonds is 4. The Labute approximate surface area is 199 Å². The Morgan fingerprint density at radius 3 is 2.18 bits per heavy atom. The van der Waals surface area contributed by atoms with Crippen LogP contribution in [0, 0.1) is 0 Å². The minimum absolute atomic E-state index is 0.153. The molecule has 34 heavy (non-hydrogen) atoms. The largest absolute Gasteiger partial charge is 0.344 e. The van der Waals surface area contributed by atoms with Crippen LogP contribution in [-0.4, -0.2) is 34.0 Å². The summed E-state index contributed by atoms with van der Waals surface area (Å²) in [5.41, 5.74) is 2.80. The molecule has 2 aliphatic rings. The molecule has 0 spiro atoms. The molecule has 9 heteroatoms. The molecule has 0 radical (unpaired) electrons. The monoisotopic (exact) mass is 472 g/mol. The fourth-order valence-electron chi connectivity index (χ4n) is 4.08. The third-order valence-electron chi connectivity index (χ3n) is 5.82. The molecule has 0 saturated carbocycles. The highest BCUT2D eigenvalue weighted by molar-refractivity contribution is 8.00. The van der Waals surface area contributed by atoms with Crippen molar-refractivity contribution in [3.05, 3.63) is 95.6 Å². The van der Waals surface area contributed by atoms with Gasteiger partial charge in [-0.2, -0.15) is 5.01 Å². The van der Waals surface area contributed by atoms with Crippen LogP contribution in [0.2, 0.25) is 0 Å². The van der Waals surface area contributed by atoms with E-state index in [1.165, 1.54) is 17.8 Å². The van der Waals surface area contributed by atoms with E-state index in [1.807, 2.05) is 12.1 Å². The van der Waals surface area contributed by atoms with Crippen molar-refractivity contribution >= 4 is 41.2 Å². The molecular formula is C25H20N4O4S. The summed E-state index contributed by atoms with van der Waals surface area (Å²) in [4.78, 5) is 52.5. The highest BCUT2D eigenvalue weighted by Gasteiger charge is 2.54. The Morgan fingerprint density at radius 1 is 0.941 bits per heavy atom. The van der Waals surface area contributed by atoms with E-state index in [0.29, 0.717) is 21.8 Å². The number of anilines is 1. The molecule has 3 aromatic rings. The van der Waals surface area contributed by atoms with Crippen molar-refractivity contribution in [1.82, 2.24) is 15.8 Å². The number of nitrogens with zero attached hydrogens (tertiary/aromatic N) is 1. The van der Waals surface area contributed by atoms with Gasteiger partial charge < -0.3 is 10.6 Å². The lowest BCUT2D eigenvalue weighted by Crippen LogP contribution is -2.49. The van der Waals surface area contributed by atoms with Gasteiger partial charge in [0.2, 0.25) is 5.91 Å². The van der Waals surface area contributed by atoms with E-state index in [9.17, 15) is 19.2 Å². The van der Waals surface area contributed by atoms with Crippen LogP contribution in [0.25, 0.3) is 0 Å². The molecule has 5 rings (SSSR count). The molecule has 1 atom stereocenters. The molecule has 0 unspecified atom stereocenters. The smallest absolute Gasteiger partial charge is 0.324 e. The van der Waals surface area contributed by atoms with Gasteiger partial charge in [0.15, 0.2) is 5.54 Å². The summed E-state index contributed by atoms with van der Waals surface area (Å²) in [6, 6.07) is 21.9. The van der Waals surface area contributed by atoms with Crippen molar-refractivity contribution in [3.8, 4) is 0 Å². The average Bonchev–Trinajstić information content (AvgIpc) is 3.11. The Bertz CT molecular complexity index is 1270. The molecular weight excluding hydrogens is 452 g/mol. The fourth-order valence-corrected chi connectivity index (χ4v) is 5.01. The maximum Gasteiger partial charge on any atom is 0.344 e. The van der Waals surface area contributed by atoms with Gasteiger partial charge in [-0.1, -0.05) is 60.7 Å². The Hall–Kier alpha value is -4.11. The minimum atomic E-state index is -1.48. The van der Waals surface area contributed by atoms with Gasteiger partial charge in [-0.25, -0.2) is 4.79 Å². The Balaban J connectivity index is 1.46. The van der Waals surface area contributed by atoms with Crippen molar-refractivity contribution in [2.24, 2.45) is 0 Å². The first-order valence-electron chi connectivity index (χ1n) is 10.6. The third kappa shape index (κ3) is 3.50. The van der Waals surface area contributed by atoms with Gasteiger partial charge in [0.1, 0.15) is 0 Å². The molecule has 170 valence electrons. The third-order valence-corrected chi connectivity index (χ3v) is 7.00. The molecule has 3 aromatic carbocycles. The summed E-state index contributed by atoms with van der Waals surface area (Å²) in [7, 11) is 0. The van der Waals surface area contributed by atoms with Crippen molar-refractivity contribution in [1.29, 1.82) is 0 Å². The second-order valence-electron chi connectivity index (χ2n) is 7.95. The van der Waals surface area contributed by atoms with Crippen LogP contribution >= 0.6 is 11.8 Å². The van der Waals surface area contributed by atoms with E-state index in [-0.39, 0.29) is 16.7 Å². The van der Waals surface area contributed by atoms with E-state index in [4.69, 9.17) is 0 Å². The van der Waals surface area contributed by atoms with Gasteiger partial charge in [-0.15, -0.1) is 11.8 Å². The van der Waals surface area contributed by atoms with Crippen molar-refractivity contribution in [3.63, 3.8) is 0 Å². The van der Waals surface area contributed by atoms with Crippen LogP contribution in [0.5, 0.6) is 0 Å². The van der Waals surface area contributed by atoms with E-state index in [1.54, 1.807) is 67.6 Å². The van der Waals surface area contributed by atoms with Crippen LogP contribution in [0.1, 0.15) is 28.4 Å². The van der Waals surface area contributed by atoms with Crippen LogP contribution in [0.15, 0.2) is 83.8 Å². The lowest BCUT2D eigenvalue weighted by Gasteiger charge is -2.27. The predicted molar refractivity (Wildman–Crippen MR) is 127 cm³/mol. The predicted octanol–water partition coefficient (Wildman–Crippen LogP) is 3.26. The number of nitrogens with one attached hydrogen (secondary N) is 3. The van der Waals surface area contributed by atoms with Crippen LogP contribution in [-0.2, 0) is 15.1 Å². The van der Waals surface area contributed by atoms with Gasteiger partial charge in [-0.05, 0) is 36.2 Å². The van der Waals surface area contributed by atoms with E-state index >= 15 is 0 Å². The van der Waals surface area contributed by atoms with Gasteiger partial charge >= 0.3 is 6.03 Å². The van der Waals surface area contributed by atoms with E-state index in [2.05, 4.69) is 16.1 Å². The Kier molecular flexibility index (Phi) is 5.33. The second kappa shape index (κ2) is 8.35. The summed E-state index contributed by atoms with van der Waals surface area (Å²) in [5.74, 6) is -1.43. The number of fused-ring (bicyclic) bond motifs is 1. The quantitative estimate of drug-likeness (QED) is 0.505. The van der Waals surface area contributed by atoms with Gasteiger partial charge in [0.05, 0.1) is 10.9 Å². The van der Waals surface area contributed by atoms with Crippen LogP contribution in [0.3, 0.4) is 0 Å². The summed E-state index contributed by atoms with van der Waals surface area (Å²) in [6.45, 7) is 1.80. The fraction of sp³-hybridized carbons (Fsp3) is 0.120. The summed E-state index contributed by atoms with van der Waals surface area (Å²) >= 11 is 1.40. The number of benzene rings is 3. The van der Waals surface area contributed by atoms with Gasteiger partial charge in [0, 0.05) is 10.5 Å². The number of carbonyl (C=O) groups excluding carboxylic acids is 4. The molecule has 8 nitrogen and oxygen atoms in total. The minimum Gasteiger partial charge on any atom is -0.324 e. The number of urea groups is 1. The maximum absolute atomic E-state index is 13.7. The number of hydrazine groups is 1. The zero-order chi connectivity index (χ0) is 23.9. The number of hydrogen-bond donors (Lipinski definition) is 3. The van der Waals surface area contributed by atoms with Crippen molar-refractivity contribution in [2.75, 3.05) is 5.32 Å². The number of carbonyl (C=O) groups is 4. The standard InChI is InChI=1S/C25H20N4O4S/c1-15-21(30)26-19-14-16(12-13-20(19)34-15)22(31)28-29-23(32)25(27-24(29)33,17-8-4-2-5-9-17)18-10-6-3-7-11-18/h2-15H,1H3,(H,26,30)(H,27,33)(H,28,31)/t15-/m1/s1. The average molecular weight is 473 g/mol. The number of imide groups is 1. The van der Waals surface area contributed by atoms with E-state index in [0.717, 1.165) is 4.90 Å². The maximum atomic E-state index is 13.7. The van der Waals surface area contributed by atoms with Crippen molar-refractivity contribution in [2.45, 2.75) is 22.6 Å². The first kappa shape index (κ1) is 21.7. The summed E-state index contributed by atoms with van der Waals surface area (Å²) < 4.78 is 0. The van der Waals surface area contributed by atoms with Crippen LogP contribution in [0.4, 0.5) is 10.5 Å². The molecule has 1 fully saturated rings. The van der Waals surface area contributed by atoms with Gasteiger partial charge in [0.25, 0.3) is 11.8 Å². The Morgan fingerprint density at radius 2 is 1.56 bits per heavy atom. The molecule has 2 aliphatic heterocycles. The summed E-state index contributed by atoms with van der Waals surface area (Å²) in [5, 5.41) is 6.02. The molecule has 5 amide bonds. The van der Waals surface area contributed by atoms with Gasteiger partial charge in [-0.3, -0.25) is 19.8 Å². The van der Waals surface area contributed by atoms with Crippen LogP contribution < -0.4 is 16.1 Å². The first-order chi connectivity index (χ1) is 16.4. The second-order valence-corrected chi connectivity index (χ2v) is 9.34. The topological polar surface area (TPSA) is 108 Å². The van der Waals surface area contributed by atoms with E-state index < -0.39 is 23.4 Å². The lowest BCUT2D eigenvalue weighted by atomic mass is 9.83. The highest BCUT2D eigenvalue weighted by atomic mass is 32.2. The molecule has 0 bridgehead atoms. The molecule has 2 heterocycles. The molecule has 1 saturated heterocycles. The highest BCUT2D eigenvalue weighted by Crippen LogP contribution is 2.37. The first-order valence-corrected chi connectivity index (χ1v) is 11.5. The number of hydrogen-bond acceptors (Lipinski definition) is 5. The molecule has 0 aromatic heterocycles.